The fourth-order valence-corrected chi connectivity index (χ4v) is 5.20. The maximum absolute atomic E-state index is 12.8. The van der Waals surface area contributed by atoms with Crippen LogP contribution in [0.5, 0.6) is 11.5 Å². The van der Waals surface area contributed by atoms with Gasteiger partial charge in [-0.15, -0.1) is 0 Å². The predicted octanol–water partition coefficient (Wildman–Crippen LogP) is 4.81. The van der Waals surface area contributed by atoms with Crippen molar-refractivity contribution in [3.63, 3.8) is 0 Å². The number of hydrogen-bond acceptors (Lipinski definition) is 6. The van der Waals surface area contributed by atoms with Gasteiger partial charge < -0.3 is 18.9 Å². The summed E-state index contributed by atoms with van der Waals surface area (Å²) in [6.07, 6.45) is 0. The molecule has 1 atom stereocenters. The number of piperazine rings is 1. The molecule has 33 heavy (non-hydrogen) atoms. The Balaban J connectivity index is 1.32. The molecule has 0 saturated carbocycles. The molecule has 0 aromatic heterocycles. The second-order valence-corrected chi connectivity index (χ2v) is 9.42. The summed E-state index contributed by atoms with van der Waals surface area (Å²) in [5.41, 5.74) is 3.15. The smallest absolute Gasteiger partial charge is 0.223 e. The Kier molecular flexibility index (Phi) is 7.88. The zero-order chi connectivity index (χ0) is 23.2. The average molecular weight is 486 g/mol. The van der Waals surface area contributed by atoms with E-state index in [1.807, 2.05) is 24.3 Å². The molecule has 8 heteroatoms. The Bertz CT molecular complexity index is 1060. The van der Waals surface area contributed by atoms with E-state index in [4.69, 9.17) is 21.1 Å². The number of anilines is 2. The molecule has 3 aromatic carbocycles. The second kappa shape index (κ2) is 11.0. The van der Waals surface area contributed by atoms with Crippen molar-refractivity contribution < 1.29 is 14.0 Å². The number of hydrogen-bond donors (Lipinski definition) is 1. The van der Waals surface area contributed by atoms with Crippen molar-refractivity contribution >= 4 is 34.3 Å². The first-order valence-electron chi connectivity index (χ1n) is 10.8. The maximum atomic E-state index is 12.8. The van der Waals surface area contributed by atoms with Gasteiger partial charge >= 0.3 is 0 Å². The van der Waals surface area contributed by atoms with Crippen LogP contribution in [0.15, 0.2) is 71.6 Å². The molecule has 0 aliphatic carbocycles. The van der Waals surface area contributed by atoms with E-state index in [0.717, 1.165) is 49.8 Å². The molecule has 1 saturated heterocycles. The largest absolute Gasteiger partial charge is 0.588 e. The number of ether oxygens (including phenoxy) is 2. The minimum Gasteiger partial charge on any atom is -0.588 e. The van der Waals surface area contributed by atoms with Crippen molar-refractivity contribution in [3.05, 3.63) is 77.3 Å². The van der Waals surface area contributed by atoms with Crippen molar-refractivity contribution in [2.75, 3.05) is 50.0 Å². The first-order chi connectivity index (χ1) is 16.1. The summed E-state index contributed by atoms with van der Waals surface area (Å²) in [4.78, 5) is 5.34. The highest BCUT2D eigenvalue weighted by Crippen LogP contribution is 2.30. The lowest BCUT2D eigenvalue weighted by Gasteiger charge is -2.36. The van der Waals surface area contributed by atoms with E-state index < -0.39 is 11.4 Å². The van der Waals surface area contributed by atoms with Gasteiger partial charge in [-0.05, 0) is 42.0 Å². The number of rotatable bonds is 8. The second-order valence-electron chi connectivity index (χ2n) is 7.80. The minimum absolute atomic E-state index is 0.516. The van der Waals surface area contributed by atoms with Gasteiger partial charge in [0.1, 0.15) is 17.1 Å². The summed E-state index contributed by atoms with van der Waals surface area (Å²) in [6.45, 7) is 4.76. The summed E-state index contributed by atoms with van der Waals surface area (Å²) in [5, 5.41) is 0.516. The predicted molar refractivity (Wildman–Crippen MR) is 135 cm³/mol. The Morgan fingerprint density at radius 3 is 2.30 bits per heavy atom. The number of methoxy groups -OCH3 is 2. The fourth-order valence-electron chi connectivity index (χ4n) is 3.93. The van der Waals surface area contributed by atoms with Gasteiger partial charge in [-0.2, -0.15) is 0 Å². The molecule has 0 amide bonds. The molecule has 174 valence electrons. The van der Waals surface area contributed by atoms with Crippen LogP contribution in [0.2, 0.25) is 5.02 Å². The zero-order valence-corrected chi connectivity index (χ0v) is 20.4. The molecule has 1 fully saturated rings. The Labute approximate surface area is 203 Å². The number of para-hydroxylation sites is 2. The van der Waals surface area contributed by atoms with Crippen LogP contribution in [0.1, 0.15) is 5.56 Å². The lowest BCUT2D eigenvalue weighted by molar-refractivity contribution is 0.249. The van der Waals surface area contributed by atoms with Crippen molar-refractivity contribution in [3.8, 4) is 11.5 Å². The van der Waals surface area contributed by atoms with Crippen LogP contribution in [-0.2, 0) is 17.9 Å². The van der Waals surface area contributed by atoms with Gasteiger partial charge in [0, 0.05) is 43.8 Å². The molecule has 0 radical (unpaired) electrons. The topological polar surface area (TPSA) is 60.0 Å². The van der Waals surface area contributed by atoms with Crippen LogP contribution in [0.25, 0.3) is 0 Å². The van der Waals surface area contributed by atoms with E-state index in [1.54, 1.807) is 32.4 Å². The molecule has 6 nitrogen and oxygen atoms in total. The van der Waals surface area contributed by atoms with Gasteiger partial charge in [0.15, 0.2) is 5.75 Å². The molecule has 3 aromatic rings. The molecule has 1 aliphatic heterocycles. The van der Waals surface area contributed by atoms with Gasteiger partial charge in [0.2, 0.25) is 4.90 Å². The van der Waals surface area contributed by atoms with E-state index in [1.165, 1.54) is 5.56 Å². The highest BCUT2D eigenvalue weighted by molar-refractivity contribution is 7.92. The minimum atomic E-state index is -1.48. The average Bonchev–Trinajstić information content (AvgIpc) is 2.85. The number of nitrogens with zero attached hydrogens (tertiary/aromatic N) is 2. The van der Waals surface area contributed by atoms with Gasteiger partial charge in [0.05, 0.1) is 25.6 Å². The number of nitrogens with one attached hydrogen (secondary N) is 1. The van der Waals surface area contributed by atoms with Crippen LogP contribution in [0.3, 0.4) is 0 Å². The summed E-state index contributed by atoms with van der Waals surface area (Å²) in [5.74, 6) is 1.45. The van der Waals surface area contributed by atoms with E-state index in [-0.39, 0.29) is 0 Å². The van der Waals surface area contributed by atoms with Crippen molar-refractivity contribution in [1.29, 1.82) is 0 Å². The van der Waals surface area contributed by atoms with E-state index in [0.29, 0.717) is 15.7 Å². The van der Waals surface area contributed by atoms with E-state index in [9.17, 15) is 4.55 Å². The van der Waals surface area contributed by atoms with E-state index in [2.05, 4.69) is 38.8 Å². The summed E-state index contributed by atoms with van der Waals surface area (Å²) < 4.78 is 26.6. The molecule has 1 unspecified atom stereocenters. The Morgan fingerprint density at radius 2 is 1.61 bits per heavy atom. The highest BCUT2D eigenvalue weighted by Gasteiger charge is 2.21. The normalized spacial score (nSPS) is 15.2. The molecule has 0 bridgehead atoms. The molecule has 1 heterocycles. The highest BCUT2D eigenvalue weighted by atomic mass is 35.5. The lowest BCUT2D eigenvalue weighted by Crippen LogP contribution is -2.46. The van der Waals surface area contributed by atoms with E-state index >= 15 is 0 Å². The number of halogens is 1. The van der Waals surface area contributed by atoms with Crippen LogP contribution in [-0.4, -0.2) is 49.9 Å². The van der Waals surface area contributed by atoms with Crippen LogP contribution >= 0.6 is 11.6 Å². The molecule has 1 aliphatic rings. The van der Waals surface area contributed by atoms with Crippen molar-refractivity contribution in [1.82, 2.24) is 4.90 Å². The summed E-state index contributed by atoms with van der Waals surface area (Å²) in [6, 6.07) is 21.3. The van der Waals surface area contributed by atoms with Crippen LogP contribution < -0.4 is 19.1 Å². The fraction of sp³-hybridized carbons (Fsp3) is 0.280. The third-order valence-electron chi connectivity index (χ3n) is 5.69. The third kappa shape index (κ3) is 5.86. The Morgan fingerprint density at radius 1 is 0.909 bits per heavy atom. The molecule has 1 N–H and O–H groups in total. The van der Waals surface area contributed by atoms with Crippen molar-refractivity contribution in [2.45, 2.75) is 11.4 Å². The van der Waals surface area contributed by atoms with Crippen LogP contribution in [0, 0.1) is 0 Å². The van der Waals surface area contributed by atoms with Gasteiger partial charge in [0.25, 0.3) is 0 Å². The molecular weight excluding hydrogens is 458 g/mol. The molecular formula is C25H28ClN3O3S. The Hall–Kier alpha value is -2.58. The molecule has 0 spiro atoms. The summed E-state index contributed by atoms with van der Waals surface area (Å²) >= 11 is 4.58. The van der Waals surface area contributed by atoms with Gasteiger partial charge in [-0.3, -0.25) is 4.90 Å². The molecule has 4 rings (SSSR count). The van der Waals surface area contributed by atoms with Gasteiger partial charge in [-0.25, -0.2) is 4.72 Å². The summed E-state index contributed by atoms with van der Waals surface area (Å²) in [7, 11) is 3.27. The first kappa shape index (κ1) is 23.6. The quantitative estimate of drug-likeness (QED) is 0.462. The maximum Gasteiger partial charge on any atom is 0.223 e. The monoisotopic (exact) mass is 485 g/mol. The lowest BCUT2D eigenvalue weighted by atomic mass is 10.1. The number of benzene rings is 3. The first-order valence-corrected chi connectivity index (χ1v) is 12.3. The van der Waals surface area contributed by atoms with Crippen molar-refractivity contribution in [2.24, 2.45) is 0 Å². The third-order valence-corrected chi connectivity index (χ3v) is 7.07. The SMILES string of the molecule is COc1ccccc1N1CCN(Cc2ccc(N[S+]([O-])c3cc(Cl)ccc3OC)cc2)CC1. The van der Waals surface area contributed by atoms with Crippen LogP contribution in [0.4, 0.5) is 11.4 Å². The zero-order valence-electron chi connectivity index (χ0n) is 18.8. The van der Waals surface area contributed by atoms with Gasteiger partial charge in [-0.1, -0.05) is 35.9 Å². The standard InChI is InChI=1S/C25H28ClN3O3S/c1-31-23-6-4-3-5-22(23)29-15-13-28(14-16-29)18-19-7-10-21(11-8-19)27-33(30)25-17-20(26)9-12-24(25)32-2/h3-12,17,27H,13-16,18H2,1-2H3.